The van der Waals surface area contributed by atoms with Crippen LogP contribution in [0.3, 0.4) is 0 Å². The molecular weight excluding hydrogens is 663 g/mol. The highest BCUT2D eigenvalue weighted by atomic mass is 16.5. The summed E-state index contributed by atoms with van der Waals surface area (Å²) in [6, 6.07) is 66.2. The molecule has 0 fully saturated rings. The van der Waals surface area contributed by atoms with E-state index in [1.807, 2.05) is 30.3 Å². The van der Waals surface area contributed by atoms with Gasteiger partial charge in [-0.3, -0.25) is 0 Å². The number of aromatic nitrogens is 1. The summed E-state index contributed by atoms with van der Waals surface area (Å²) in [5, 5.41) is 8.07. The lowest BCUT2D eigenvalue weighted by molar-refractivity contribution is 0.260. The summed E-state index contributed by atoms with van der Waals surface area (Å²) in [5.41, 5.74) is 12.5. The van der Waals surface area contributed by atoms with Crippen molar-refractivity contribution in [2.45, 2.75) is 6.23 Å². The third kappa shape index (κ3) is 4.72. The average Bonchev–Trinajstić information content (AvgIpc) is 3.94. The van der Waals surface area contributed by atoms with Gasteiger partial charge in [0, 0.05) is 44.7 Å². The topological polar surface area (TPSA) is 42.6 Å². The first-order valence-electron chi connectivity index (χ1n) is 18.3. The fourth-order valence-corrected chi connectivity index (χ4v) is 8.27. The molecule has 5 heteroatoms. The zero-order valence-electron chi connectivity index (χ0n) is 29.2. The van der Waals surface area contributed by atoms with E-state index >= 15 is 0 Å². The van der Waals surface area contributed by atoms with E-state index in [4.69, 9.17) is 9.15 Å². The van der Waals surface area contributed by atoms with Gasteiger partial charge in [-0.1, -0.05) is 121 Å². The molecule has 1 aliphatic heterocycles. The van der Waals surface area contributed by atoms with E-state index in [0.717, 1.165) is 83.8 Å². The van der Waals surface area contributed by atoms with Crippen molar-refractivity contribution in [2.24, 2.45) is 0 Å². The molecule has 2 aromatic heterocycles. The minimum Gasteiger partial charge on any atom is -0.464 e. The maximum atomic E-state index is 6.69. The highest BCUT2D eigenvalue weighted by molar-refractivity contribution is 6.18. The predicted octanol–water partition coefficient (Wildman–Crippen LogP) is 13.3. The van der Waals surface area contributed by atoms with Crippen LogP contribution in [0.15, 0.2) is 192 Å². The molecule has 1 aliphatic rings. The number of hydrogen-bond acceptors (Lipinski definition) is 4. The van der Waals surface area contributed by atoms with Gasteiger partial charge in [-0.2, -0.15) is 0 Å². The smallest absolute Gasteiger partial charge is 0.196 e. The molecule has 0 aliphatic carbocycles. The summed E-state index contributed by atoms with van der Waals surface area (Å²) in [7, 11) is 0. The quantitative estimate of drug-likeness (QED) is 0.188. The van der Waals surface area contributed by atoms with Crippen molar-refractivity contribution in [3.05, 3.63) is 194 Å². The molecule has 5 nitrogen and oxygen atoms in total. The maximum absolute atomic E-state index is 6.69. The Morgan fingerprint density at radius 1 is 0.519 bits per heavy atom. The fourth-order valence-electron chi connectivity index (χ4n) is 8.27. The number of nitrogens with one attached hydrogen (secondary N) is 1. The number of benzene rings is 8. The average molecular weight is 696 g/mol. The van der Waals surface area contributed by atoms with E-state index in [0.29, 0.717) is 0 Å². The summed E-state index contributed by atoms with van der Waals surface area (Å²) in [4.78, 5) is 2.40. The summed E-state index contributed by atoms with van der Waals surface area (Å²) in [6.45, 7) is 0. The second-order valence-corrected chi connectivity index (χ2v) is 13.7. The van der Waals surface area contributed by atoms with Gasteiger partial charge in [-0.25, -0.2) is 0 Å². The molecule has 3 heterocycles. The zero-order chi connectivity index (χ0) is 35.6. The van der Waals surface area contributed by atoms with Crippen molar-refractivity contribution >= 4 is 66.5 Å². The van der Waals surface area contributed by atoms with Crippen LogP contribution in [0.4, 0.5) is 22.7 Å². The predicted molar refractivity (Wildman–Crippen MR) is 222 cm³/mol. The zero-order valence-corrected chi connectivity index (χ0v) is 29.2. The lowest BCUT2D eigenvalue weighted by Gasteiger charge is -2.28. The second-order valence-electron chi connectivity index (χ2n) is 13.7. The molecule has 0 saturated carbocycles. The molecule has 11 rings (SSSR count). The minimum atomic E-state index is -0.264. The Labute approximate surface area is 311 Å². The van der Waals surface area contributed by atoms with E-state index in [-0.39, 0.29) is 6.23 Å². The fraction of sp³-hybridized carbons (Fsp3) is 0.0204. The van der Waals surface area contributed by atoms with Crippen LogP contribution in [0.1, 0.15) is 11.8 Å². The molecule has 0 spiro atoms. The molecule has 256 valence electrons. The van der Waals surface area contributed by atoms with Gasteiger partial charge in [0.05, 0.1) is 33.5 Å². The van der Waals surface area contributed by atoms with E-state index in [2.05, 4.69) is 173 Å². The van der Waals surface area contributed by atoms with Crippen LogP contribution < -0.4 is 15.0 Å². The first-order chi connectivity index (χ1) is 26.8. The van der Waals surface area contributed by atoms with Crippen LogP contribution >= 0.6 is 0 Å². The summed E-state index contributed by atoms with van der Waals surface area (Å²) in [5.74, 6) is 0.822. The van der Waals surface area contributed by atoms with Gasteiger partial charge in [0.1, 0.15) is 16.9 Å². The molecule has 8 aromatic carbocycles. The number of rotatable bonds is 6. The highest BCUT2D eigenvalue weighted by Crippen LogP contribution is 2.50. The monoisotopic (exact) mass is 695 g/mol. The standard InChI is InChI=1S/C49H33N3O2/c1-4-15-32(16-5-1)36-21-10-12-23-39(36)52(42-26-14-25-41-46(42)37-22-11-13-24-40(37)51(41)34-19-8-3-9-20-34)35-27-28-38-45(31-35)53-43-29-30-44-48(47(38)43)50-49(54-44)33-17-6-2-7-18-33/h1-31,49-50H. The van der Waals surface area contributed by atoms with Crippen molar-refractivity contribution in [2.75, 3.05) is 10.2 Å². The number of nitrogens with zero attached hydrogens (tertiary/aromatic N) is 2. The lowest BCUT2D eigenvalue weighted by atomic mass is 10.0. The number of para-hydroxylation sites is 3. The highest BCUT2D eigenvalue weighted by Gasteiger charge is 2.28. The van der Waals surface area contributed by atoms with Gasteiger partial charge >= 0.3 is 0 Å². The maximum Gasteiger partial charge on any atom is 0.196 e. The first-order valence-corrected chi connectivity index (χ1v) is 18.3. The molecule has 0 bridgehead atoms. The summed E-state index contributed by atoms with van der Waals surface area (Å²) < 4.78 is 15.5. The van der Waals surface area contributed by atoms with Crippen LogP contribution in [-0.4, -0.2) is 4.57 Å². The van der Waals surface area contributed by atoms with Crippen LogP contribution in [0, 0.1) is 0 Å². The van der Waals surface area contributed by atoms with Crippen LogP contribution in [0.25, 0.3) is 60.6 Å². The molecule has 1 N–H and O–H groups in total. The molecule has 0 radical (unpaired) electrons. The minimum absolute atomic E-state index is 0.264. The van der Waals surface area contributed by atoms with Crippen molar-refractivity contribution in [1.82, 2.24) is 4.57 Å². The summed E-state index contributed by atoms with van der Waals surface area (Å²) in [6.07, 6.45) is -0.264. The summed E-state index contributed by atoms with van der Waals surface area (Å²) >= 11 is 0. The van der Waals surface area contributed by atoms with E-state index in [1.54, 1.807) is 0 Å². The van der Waals surface area contributed by atoms with E-state index < -0.39 is 0 Å². The van der Waals surface area contributed by atoms with Crippen molar-refractivity contribution in [1.29, 1.82) is 0 Å². The number of anilines is 4. The lowest BCUT2D eigenvalue weighted by Crippen LogP contribution is -2.11. The van der Waals surface area contributed by atoms with Crippen LogP contribution in [0.5, 0.6) is 5.75 Å². The Balaban J connectivity index is 1.15. The van der Waals surface area contributed by atoms with E-state index in [1.165, 1.54) is 10.8 Å². The Hall–Kier alpha value is -7.24. The molecule has 1 atom stereocenters. The second kappa shape index (κ2) is 12.2. The molecule has 10 aromatic rings. The van der Waals surface area contributed by atoms with Gasteiger partial charge in [-0.05, 0) is 66.2 Å². The SMILES string of the molecule is c1ccc(-c2ccccc2N(c2ccc3c(c2)oc2ccc4c(c23)NC(c2ccccc2)O4)c2cccc3c2c2ccccc2n3-c2ccccc2)cc1. The van der Waals surface area contributed by atoms with Gasteiger partial charge in [0.2, 0.25) is 0 Å². The number of ether oxygens (including phenoxy) is 1. The van der Waals surface area contributed by atoms with Gasteiger partial charge in [-0.15, -0.1) is 0 Å². The van der Waals surface area contributed by atoms with Gasteiger partial charge in [0.15, 0.2) is 6.23 Å². The number of hydrogen-bond donors (Lipinski definition) is 1. The molecule has 0 amide bonds. The van der Waals surface area contributed by atoms with Crippen LogP contribution in [0.2, 0.25) is 0 Å². The Kier molecular flexibility index (Phi) is 6.85. The molecule has 1 unspecified atom stereocenters. The normalized spacial score (nSPS) is 13.7. The molecular formula is C49H33N3O2. The van der Waals surface area contributed by atoms with Gasteiger partial charge < -0.3 is 23.9 Å². The Morgan fingerprint density at radius 3 is 2.07 bits per heavy atom. The Morgan fingerprint density at radius 2 is 1.22 bits per heavy atom. The molecule has 54 heavy (non-hydrogen) atoms. The van der Waals surface area contributed by atoms with Crippen molar-refractivity contribution < 1.29 is 9.15 Å². The van der Waals surface area contributed by atoms with Crippen molar-refractivity contribution in [3.63, 3.8) is 0 Å². The largest absolute Gasteiger partial charge is 0.464 e. The van der Waals surface area contributed by atoms with Crippen molar-refractivity contribution in [3.8, 4) is 22.6 Å². The van der Waals surface area contributed by atoms with Crippen LogP contribution in [-0.2, 0) is 0 Å². The molecule has 0 saturated heterocycles. The third-order valence-corrected chi connectivity index (χ3v) is 10.6. The van der Waals surface area contributed by atoms with E-state index in [9.17, 15) is 0 Å². The number of furan rings is 1. The third-order valence-electron chi connectivity index (χ3n) is 10.6. The first kappa shape index (κ1) is 30.4. The van der Waals surface area contributed by atoms with Gasteiger partial charge in [0.25, 0.3) is 0 Å². The number of fused-ring (bicyclic) bond motifs is 8. The Bertz CT molecular complexity index is 3000.